The number of tetrazole rings is 2. The third-order valence-electron chi connectivity index (χ3n) is 6.14. The number of non-ortho nitro benzene ring substituents is 1. The van der Waals surface area contributed by atoms with Crippen LogP contribution in [0.4, 0.5) is 11.4 Å². The van der Waals surface area contributed by atoms with Crippen molar-refractivity contribution in [1.82, 2.24) is 40.4 Å². The number of nitro benzene ring substituents is 1. The smallest absolute Gasteiger partial charge is 0.336 e. The highest BCUT2D eigenvalue weighted by atomic mass is 16.6. The predicted molar refractivity (Wildman–Crippen MR) is 144 cm³/mol. The third kappa shape index (κ3) is 6.35. The Kier molecular flexibility index (Phi) is 7.67. The number of nitrogens with zero attached hydrogens (tertiary/aromatic N) is 9. The van der Waals surface area contributed by atoms with Crippen LogP contribution in [0.25, 0.3) is 10.8 Å². The first kappa shape index (κ1) is 27.0. The van der Waals surface area contributed by atoms with E-state index in [-0.39, 0.29) is 36.7 Å². The fourth-order valence-corrected chi connectivity index (χ4v) is 4.31. The molecule has 0 fully saturated rings. The Morgan fingerprint density at radius 3 is 2.37 bits per heavy atom. The van der Waals surface area contributed by atoms with E-state index in [0.29, 0.717) is 46.7 Å². The summed E-state index contributed by atoms with van der Waals surface area (Å²) in [5.41, 5.74) is 1.64. The number of hydrogen-bond acceptors (Lipinski definition) is 10. The Balaban J connectivity index is 1.29. The molecule has 15 heteroatoms. The molecule has 0 aliphatic rings. The molecule has 5 rings (SSSR count). The highest BCUT2D eigenvalue weighted by Crippen LogP contribution is 2.24. The van der Waals surface area contributed by atoms with Gasteiger partial charge >= 0.3 is 5.97 Å². The van der Waals surface area contributed by atoms with Crippen molar-refractivity contribution in [2.45, 2.75) is 39.3 Å². The van der Waals surface area contributed by atoms with Crippen LogP contribution < -0.4 is 5.32 Å². The minimum atomic E-state index is -1.02. The molecule has 0 atom stereocenters. The van der Waals surface area contributed by atoms with Gasteiger partial charge in [0.1, 0.15) is 0 Å². The fourth-order valence-electron chi connectivity index (χ4n) is 4.31. The molecule has 0 bridgehead atoms. The number of nitrogens with one attached hydrogen (secondary N) is 1. The molecule has 0 saturated carbocycles. The zero-order valence-electron chi connectivity index (χ0n) is 21.8. The number of carbonyl (C=O) groups excluding carboxylic acids is 1. The van der Waals surface area contributed by atoms with E-state index in [2.05, 4.69) is 36.1 Å². The Morgan fingerprint density at radius 1 is 0.976 bits per heavy atom. The normalized spacial score (nSPS) is 11.0. The predicted octanol–water partition coefficient (Wildman–Crippen LogP) is 2.85. The maximum absolute atomic E-state index is 12.1. The number of carboxylic acids is 1. The molecule has 41 heavy (non-hydrogen) atoms. The average Bonchev–Trinajstić information content (AvgIpc) is 3.58. The van der Waals surface area contributed by atoms with Crippen molar-refractivity contribution >= 4 is 34.0 Å². The van der Waals surface area contributed by atoms with Crippen LogP contribution in [0.5, 0.6) is 0 Å². The van der Waals surface area contributed by atoms with Crippen molar-refractivity contribution in [3.8, 4) is 0 Å². The van der Waals surface area contributed by atoms with Gasteiger partial charge in [0.2, 0.25) is 5.91 Å². The molecule has 1 amide bonds. The molecule has 0 unspecified atom stereocenters. The number of anilines is 1. The lowest BCUT2D eigenvalue weighted by molar-refractivity contribution is -0.384. The number of nitro groups is 1. The average molecular weight is 557 g/mol. The monoisotopic (exact) mass is 556 g/mol. The van der Waals surface area contributed by atoms with Crippen molar-refractivity contribution in [1.29, 1.82) is 0 Å². The highest BCUT2D eigenvalue weighted by Gasteiger charge is 2.16. The van der Waals surface area contributed by atoms with Gasteiger partial charge in [0.05, 0.1) is 30.0 Å². The number of carboxylic acid groups (broad SMARTS) is 1. The second-order valence-corrected chi connectivity index (χ2v) is 9.22. The number of fused-ring (bicyclic) bond motifs is 1. The largest absolute Gasteiger partial charge is 0.478 e. The summed E-state index contributed by atoms with van der Waals surface area (Å²) in [4.78, 5) is 37.3. The van der Waals surface area contributed by atoms with Gasteiger partial charge in [0, 0.05) is 29.8 Å². The number of carbonyl (C=O) groups is 2. The molecule has 3 aromatic carbocycles. The molecular formula is C26H24N10O5. The number of rotatable bonds is 11. The van der Waals surface area contributed by atoms with Crippen LogP contribution in [0.1, 0.15) is 52.9 Å². The number of aromatic carboxylic acids is 1. The van der Waals surface area contributed by atoms with Crippen molar-refractivity contribution < 1.29 is 19.6 Å². The molecule has 2 aromatic heterocycles. The van der Waals surface area contributed by atoms with Gasteiger partial charge in [-0.05, 0) is 51.4 Å². The Labute approximate surface area is 231 Å². The lowest BCUT2D eigenvalue weighted by Gasteiger charge is -2.10. The van der Waals surface area contributed by atoms with Crippen molar-refractivity contribution in [3.05, 3.63) is 93.1 Å². The van der Waals surface area contributed by atoms with Crippen LogP contribution >= 0.6 is 0 Å². The summed E-state index contributed by atoms with van der Waals surface area (Å²) in [5.74, 6) is -0.603. The second-order valence-electron chi connectivity index (χ2n) is 9.22. The van der Waals surface area contributed by atoms with Crippen LogP contribution in [0, 0.1) is 10.1 Å². The van der Waals surface area contributed by atoms with Crippen LogP contribution in [0.2, 0.25) is 0 Å². The van der Waals surface area contributed by atoms with Gasteiger partial charge in [-0.15, -0.1) is 20.4 Å². The minimum Gasteiger partial charge on any atom is -0.478 e. The maximum Gasteiger partial charge on any atom is 0.336 e. The van der Waals surface area contributed by atoms with E-state index < -0.39 is 10.9 Å². The maximum atomic E-state index is 12.1. The SMILES string of the molecule is CCCC(=O)Nc1ccc([N+](=O)[O-])cc1Cn1nnc(Cc2nnn(Cc3cc(C(=O)O)c4ccccc4c3)n2)n1. The first-order valence-electron chi connectivity index (χ1n) is 12.6. The quantitative estimate of drug-likeness (QED) is 0.179. The fraction of sp³-hybridized carbons (Fsp3) is 0.231. The number of amides is 1. The van der Waals surface area contributed by atoms with Gasteiger partial charge in [-0.2, -0.15) is 9.59 Å². The van der Waals surface area contributed by atoms with Crippen LogP contribution in [-0.2, 0) is 24.3 Å². The molecule has 208 valence electrons. The van der Waals surface area contributed by atoms with Gasteiger partial charge in [0.15, 0.2) is 11.6 Å². The molecule has 15 nitrogen and oxygen atoms in total. The Hall–Kier alpha value is -5.60. The molecule has 0 radical (unpaired) electrons. The van der Waals surface area contributed by atoms with Crippen molar-refractivity contribution in [2.24, 2.45) is 0 Å². The Bertz CT molecular complexity index is 1760. The van der Waals surface area contributed by atoms with Crippen molar-refractivity contribution in [3.63, 3.8) is 0 Å². The first-order valence-corrected chi connectivity index (χ1v) is 12.6. The van der Waals surface area contributed by atoms with Crippen molar-refractivity contribution in [2.75, 3.05) is 5.32 Å². The summed E-state index contributed by atoms with van der Waals surface area (Å²) >= 11 is 0. The standard InChI is InChI=1S/C26H24N10O5/c1-2-5-25(37)27-22-9-8-19(36(40)41)12-18(22)15-35-31-24(29-33-35)13-23-28-32-34(30-23)14-16-10-17-6-3-4-7-20(17)21(11-16)26(38)39/h3-4,6-12H,2,5,13-15H2,1H3,(H,27,37)(H,38,39). The van der Waals surface area contributed by atoms with Gasteiger partial charge in [-0.1, -0.05) is 31.2 Å². The molecule has 2 N–H and O–H groups in total. The summed E-state index contributed by atoms with van der Waals surface area (Å²) in [6, 6.07) is 14.9. The highest BCUT2D eigenvalue weighted by molar-refractivity contribution is 6.04. The lowest BCUT2D eigenvalue weighted by atomic mass is 10.0. The molecule has 2 heterocycles. The molecule has 5 aromatic rings. The summed E-state index contributed by atoms with van der Waals surface area (Å²) in [7, 11) is 0. The summed E-state index contributed by atoms with van der Waals surface area (Å²) in [6.45, 7) is 2.12. The van der Waals surface area contributed by atoms with Crippen LogP contribution in [0.15, 0.2) is 54.6 Å². The third-order valence-corrected chi connectivity index (χ3v) is 6.14. The van der Waals surface area contributed by atoms with E-state index in [1.165, 1.54) is 27.8 Å². The number of benzene rings is 3. The molecule has 0 aliphatic carbocycles. The molecule has 0 spiro atoms. The van der Waals surface area contributed by atoms with Gasteiger partial charge in [-0.25, -0.2) is 4.79 Å². The molecular weight excluding hydrogens is 532 g/mol. The van der Waals surface area contributed by atoms with E-state index in [4.69, 9.17) is 0 Å². The summed E-state index contributed by atoms with van der Waals surface area (Å²) in [6.07, 6.45) is 1.09. The Morgan fingerprint density at radius 2 is 1.68 bits per heavy atom. The number of aromatic nitrogens is 8. The van der Waals surface area contributed by atoms with Crippen LogP contribution in [-0.4, -0.2) is 62.3 Å². The lowest BCUT2D eigenvalue weighted by Crippen LogP contribution is -2.14. The summed E-state index contributed by atoms with van der Waals surface area (Å²) in [5, 5.41) is 49.9. The van der Waals surface area contributed by atoms with Gasteiger partial charge in [0.25, 0.3) is 5.69 Å². The van der Waals surface area contributed by atoms with Gasteiger partial charge in [-0.3, -0.25) is 14.9 Å². The van der Waals surface area contributed by atoms with E-state index >= 15 is 0 Å². The van der Waals surface area contributed by atoms with E-state index in [1.807, 2.05) is 25.1 Å². The zero-order chi connectivity index (χ0) is 28.9. The van der Waals surface area contributed by atoms with E-state index in [9.17, 15) is 24.8 Å². The molecule has 0 aliphatic heterocycles. The zero-order valence-corrected chi connectivity index (χ0v) is 21.8. The van der Waals surface area contributed by atoms with E-state index in [0.717, 1.165) is 5.39 Å². The summed E-state index contributed by atoms with van der Waals surface area (Å²) < 4.78 is 0. The van der Waals surface area contributed by atoms with Crippen LogP contribution in [0.3, 0.4) is 0 Å². The number of hydrogen-bond donors (Lipinski definition) is 2. The second kappa shape index (κ2) is 11.6. The molecule has 0 saturated heterocycles. The topological polar surface area (TPSA) is 197 Å². The minimum absolute atomic E-state index is 0.0322. The van der Waals surface area contributed by atoms with Gasteiger partial charge < -0.3 is 10.4 Å². The van der Waals surface area contributed by atoms with E-state index in [1.54, 1.807) is 18.2 Å². The first-order chi connectivity index (χ1) is 19.8.